The van der Waals surface area contributed by atoms with Crippen molar-refractivity contribution in [1.29, 1.82) is 0 Å². The van der Waals surface area contributed by atoms with E-state index in [0.717, 1.165) is 0 Å². The molecule has 1 rings (SSSR count). The second-order valence-corrected chi connectivity index (χ2v) is 3.40. The third-order valence-electron chi connectivity index (χ3n) is 1.65. The molecular formula is C8H10N2O3S. The van der Waals surface area contributed by atoms with Gasteiger partial charge < -0.3 is 5.73 Å². The molecule has 6 heteroatoms. The first-order valence-corrected chi connectivity index (χ1v) is 5.04. The van der Waals surface area contributed by atoms with E-state index in [2.05, 4.69) is 4.72 Å². The lowest BCUT2D eigenvalue weighted by atomic mass is 10.1. The van der Waals surface area contributed by atoms with Crippen molar-refractivity contribution in [2.45, 2.75) is 6.04 Å². The van der Waals surface area contributed by atoms with Crippen molar-refractivity contribution in [3.63, 3.8) is 0 Å². The molecule has 0 aromatic heterocycles. The zero-order valence-corrected chi connectivity index (χ0v) is 8.11. The predicted molar refractivity (Wildman–Crippen MR) is 51.8 cm³/mol. The highest BCUT2D eigenvalue weighted by atomic mass is 32.2. The summed E-state index contributed by atoms with van der Waals surface area (Å²) < 4.78 is 22.9. The maximum Gasteiger partial charge on any atom is 0.240 e. The van der Waals surface area contributed by atoms with Crippen LogP contribution in [0.2, 0.25) is 0 Å². The van der Waals surface area contributed by atoms with Gasteiger partial charge in [-0.3, -0.25) is 4.79 Å². The van der Waals surface area contributed by atoms with Crippen LogP contribution < -0.4 is 10.5 Å². The van der Waals surface area contributed by atoms with Crippen molar-refractivity contribution < 1.29 is 13.2 Å². The molecular weight excluding hydrogens is 204 g/mol. The van der Waals surface area contributed by atoms with Crippen molar-refractivity contribution >= 4 is 16.8 Å². The molecule has 76 valence electrons. The molecule has 0 radical (unpaired) electrons. The molecule has 0 aliphatic heterocycles. The summed E-state index contributed by atoms with van der Waals surface area (Å²) in [6.07, 6.45) is 0. The molecule has 1 unspecified atom stereocenters. The van der Waals surface area contributed by atoms with Crippen LogP contribution in [0.4, 0.5) is 0 Å². The number of amides is 1. The van der Waals surface area contributed by atoms with E-state index in [1.54, 1.807) is 30.3 Å². The van der Waals surface area contributed by atoms with Gasteiger partial charge in [0.05, 0.1) is 0 Å². The SMILES string of the molecule is NC(=O)C(N[SH](=O)=O)c1ccccc1. The number of primary amides is 1. The zero-order valence-electron chi connectivity index (χ0n) is 7.21. The van der Waals surface area contributed by atoms with Gasteiger partial charge in [-0.1, -0.05) is 30.3 Å². The molecule has 1 aromatic carbocycles. The number of carbonyl (C=O) groups is 1. The van der Waals surface area contributed by atoms with Gasteiger partial charge in [0.2, 0.25) is 16.8 Å². The van der Waals surface area contributed by atoms with E-state index in [1.807, 2.05) is 0 Å². The molecule has 0 saturated carbocycles. The Bertz CT molecular complexity index is 381. The Morgan fingerprint density at radius 2 is 1.86 bits per heavy atom. The predicted octanol–water partition coefficient (Wildman–Crippen LogP) is -0.671. The molecule has 0 heterocycles. The Balaban J connectivity index is 2.94. The highest BCUT2D eigenvalue weighted by Gasteiger charge is 2.17. The van der Waals surface area contributed by atoms with E-state index in [-0.39, 0.29) is 0 Å². The molecule has 0 saturated heterocycles. The van der Waals surface area contributed by atoms with Crippen molar-refractivity contribution in [3.8, 4) is 0 Å². The topological polar surface area (TPSA) is 89.3 Å². The molecule has 0 bridgehead atoms. The van der Waals surface area contributed by atoms with Gasteiger partial charge in [-0.05, 0) is 5.56 Å². The van der Waals surface area contributed by atoms with Gasteiger partial charge in [0, 0.05) is 0 Å². The Hall–Kier alpha value is -1.40. The first-order valence-electron chi connectivity index (χ1n) is 3.86. The fourth-order valence-electron chi connectivity index (χ4n) is 1.05. The first kappa shape index (κ1) is 10.7. The smallest absolute Gasteiger partial charge is 0.240 e. The molecule has 1 amide bonds. The van der Waals surface area contributed by atoms with E-state index < -0.39 is 22.8 Å². The summed E-state index contributed by atoms with van der Waals surface area (Å²) in [7, 11) is -2.85. The third-order valence-corrected chi connectivity index (χ3v) is 2.12. The second-order valence-electron chi connectivity index (χ2n) is 2.63. The maximum absolute atomic E-state index is 10.9. The molecule has 0 fully saturated rings. The Morgan fingerprint density at radius 3 is 2.29 bits per heavy atom. The maximum atomic E-state index is 10.9. The lowest BCUT2D eigenvalue weighted by molar-refractivity contribution is -0.119. The summed E-state index contributed by atoms with van der Waals surface area (Å²) in [5.74, 6) is -0.726. The van der Waals surface area contributed by atoms with Crippen LogP contribution in [-0.4, -0.2) is 14.3 Å². The van der Waals surface area contributed by atoms with Gasteiger partial charge in [0.25, 0.3) is 0 Å². The lowest BCUT2D eigenvalue weighted by Gasteiger charge is -2.10. The summed E-state index contributed by atoms with van der Waals surface area (Å²) in [6, 6.07) is 7.43. The molecule has 1 atom stereocenters. The van der Waals surface area contributed by atoms with Gasteiger partial charge in [0.15, 0.2) is 0 Å². The minimum Gasteiger partial charge on any atom is -0.368 e. The summed E-state index contributed by atoms with van der Waals surface area (Å²) >= 11 is 0. The van der Waals surface area contributed by atoms with Crippen LogP contribution in [0.5, 0.6) is 0 Å². The van der Waals surface area contributed by atoms with Crippen molar-refractivity contribution in [2.24, 2.45) is 5.73 Å². The fourth-order valence-corrected chi connectivity index (χ4v) is 1.54. The number of hydrogen-bond donors (Lipinski definition) is 3. The normalized spacial score (nSPS) is 12.6. The number of nitrogens with one attached hydrogen (secondary N) is 1. The quantitative estimate of drug-likeness (QED) is 0.581. The number of nitrogens with two attached hydrogens (primary N) is 1. The molecule has 5 nitrogen and oxygen atoms in total. The van der Waals surface area contributed by atoms with E-state index in [4.69, 9.17) is 5.73 Å². The summed E-state index contributed by atoms with van der Waals surface area (Å²) in [4.78, 5) is 10.9. The van der Waals surface area contributed by atoms with Crippen LogP contribution >= 0.6 is 0 Å². The number of benzene rings is 1. The number of thiol groups is 1. The largest absolute Gasteiger partial charge is 0.368 e. The summed E-state index contributed by atoms with van der Waals surface area (Å²) in [6.45, 7) is 0. The highest BCUT2D eigenvalue weighted by Crippen LogP contribution is 2.11. The van der Waals surface area contributed by atoms with E-state index in [0.29, 0.717) is 5.56 Å². The summed E-state index contributed by atoms with van der Waals surface area (Å²) in [5, 5.41) is 0. The molecule has 3 N–H and O–H groups in total. The Morgan fingerprint density at radius 1 is 1.29 bits per heavy atom. The minimum atomic E-state index is -2.85. The second kappa shape index (κ2) is 4.73. The van der Waals surface area contributed by atoms with Gasteiger partial charge in [0.1, 0.15) is 6.04 Å². The van der Waals surface area contributed by atoms with Gasteiger partial charge in [-0.25, -0.2) is 13.1 Å². The van der Waals surface area contributed by atoms with Crippen LogP contribution in [0, 0.1) is 0 Å². The first-order chi connectivity index (χ1) is 6.61. The van der Waals surface area contributed by atoms with Crippen molar-refractivity contribution in [2.75, 3.05) is 0 Å². The molecule has 0 spiro atoms. The average Bonchev–Trinajstić information content (AvgIpc) is 2.15. The average molecular weight is 214 g/mol. The van der Waals surface area contributed by atoms with Crippen LogP contribution in [-0.2, 0) is 15.7 Å². The van der Waals surface area contributed by atoms with Crippen molar-refractivity contribution in [1.82, 2.24) is 4.72 Å². The number of carbonyl (C=O) groups excluding carboxylic acids is 1. The monoisotopic (exact) mass is 214 g/mol. The van der Waals surface area contributed by atoms with E-state index >= 15 is 0 Å². The minimum absolute atomic E-state index is 0.527. The van der Waals surface area contributed by atoms with Crippen LogP contribution in [0.25, 0.3) is 0 Å². The molecule has 1 aromatic rings. The molecule has 14 heavy (non-hydrogen) atoms. The molecule has 0 aliphatic carbocycles. The van der Waals surface area contributed by atoms with Gasteiger partial charge in [-0.15, -0.1) is 0 Å². The van der Waals surface area contributed by atoms with Gasteiger partial charge >= 0.3 is 0 Å². The van der Waals surface area contributed by atoms with E-state index in [1.165, 1.54) is 0 Å². The fraction of sp³-hybridized carbons (Fsp3) is 0.125. The van der Waals surface area contributed by atoms with Crippen LogP contribution in [0.1, 0.15) is 11.6 Å². The van der Waals surface area contributed by atoms with Crippen molar-refractivity contribution in [3.05, 3.63) is 35.9 Å². The van der Waals surface area contributed by atoms with E-state index in [9.17, 15) is 13.2 Å². The molecule has 0 aliphatic rings. The van der Waals surface area contributed by atoms with Gasteiger partial charge in [-0.2, -0.15) is 0 Å². The third kappa shape index (κ3) is 2.82. The zero-order chi connectivity index (χ0) is 10.6. The highest BCUT2D eigenvalue weighted by molar-refractivity contribution is 7.70. The number of hydrogen-bond acceptors (Lipinski definition) is 3. The number of rotatable bonds is 4. The Kier molecular flexibility index (Phi) is 3.61. The lowest BCUT2D eigenvalue weighted by Crippen LogP contribution is -2.32. The summed E-state index contributed by atoms with van der Waals surface area (Å²) in [5.41, 5.74) is 5.58. The van der Waals surface area contributed by atoms with Crippen LogP contribution in [0.15, 0.2) is 30.3 Å². The standard InChI is InChI=1S/C8H10N2O3S/c9-8(11)7(10-14(12)13)6-4-2-1-3-5-6/h1-5,7,14H,(H2,9,11)(H,10,12,13). The van der Waals surface area contributed by atoms with Crippen LogP contribution in [0.3, 0.4) is 0 Å². The Labute approximate surface area is 83.0 Å².